The molecule has 14 nitrogen and oxygen atoms in total. The van der Waals surface area contributed by atoms with Gasteiger partial charge in [-0.05, 0) is 25.3 Å². The lowest BCUT2D eigenvalue weighted by atomic mass is 9.33. The number of methoxy groups -OCH3 is 1. The van der Waals surface area contributed by atoms with E-state index in [0.29, 0.717) is 5.56 Å². The number of carbonyl (C=O) groups is 4. The van der Waals surface area contributed by atoms with Crippen LogP contribution in [0.1, 0.15) is 78.9 Å². The first kappa shape index (κ1) is 31.2. The molecule has 4 saturated carbocycles. The standard InChI is InChI=1S/C33H40O14/c1-15(34)42-20(25(37)40-7)21-26(3)14-30(38)19(23(26)43-16(2)35)24-33-31(39)12-18(36)44-22(17-8-11-41-13-17)27(31,4)9-10-32(33,28(21,30)5)46-29(6,45-24)47-33/h8,11,13,19-24,38-39H,9-10,12,14H2,1-7H3/t19?,20-,21+,22+,23-,24+,26+,27+,28-,29+,30+,31+,32+,33+/m1/s1. The molecule has 256 valence electrons. The summed E-state index contributed by atoms with van der Waals surface area (Å²) < 4.78 is 48.6. The molecule has 1 aromatic rings. The molecule has 47 heavy (non-hydrogen) atoms. The van der Waals surface area contributed by atoms with Gasteiger partial charge in [0.1, 0.15) is 29.5 Å². The van der Waals surface area contributed by atoms with Crippen LogP contribution in [0.4, 0.5) is 0 Å². The quantitative estimate of drug-likeness (QED) is 0.344. The van der Waals surface area contributed by atoms with Crippen LogP contribution in [-0.4, -0.2) is 87.9 Å². The molecule has 14 atom stereocenters. The molecule has 7 aliphatic rings. The van der Waals surface area contributed by atoms with Crippen LogP contribution >= 0.6 is 0 Å². The summed E-state index contributed by atoms with van der Waals surface area (Å²) in [5.41, 5.74) is -10.8. The van der Waals surface area contributed by atoms with Crippen molar-refractivity contribution in [2.45, 2.75) is 120 Å². The van der Waals surface area contributed by atoms with Crippen molar-refractivity contribution in [3.63, 3.8) is 0 Å². The van der Waals surface area contributed by atoms with E-state index in [2.05, 4.69) is 0 Å². The third-order valence-electron chi connectivity index (χ3n) is 13.6. The molecule has 0 aromatic carbocycles. The molecule has 8 rings (SSSR count). The average molecular weight is 661 g/mol. The molecule has 3 saturated heterocycles. The fraction of sp³-hybridized carbons (Fsp3) is 0.758. The van der Waals surface area contributed by atoms with E-state index in [1.807, 2.05) is 6.92 Å². The van der Waals surface area contributed by atoms with Crippen LogP contribution in [-0.2, 0) is 52.3 Å². The van der Waals surface area contributed by atoms with E-state index < -0.39 is 111 Å². The maximum atomic E-state index is 13.6. The zero-order chi connectivity index (χ0) is 34.0. The summed E-state index contributed by atoms with van der Waals surface area (Å²) in [4.78, 5) is 52.6. The Morgan fingerprint density at radius 2 is 1.77 bits per heavy atom. The lowest BCUT2D eigenvalue weighted by Gasteiger charge is -2.76. The molecule has 0 amide bonds. The van der Waals surface area contributed by atoms with Gasteiger partial charge in [0.05, 0.1) is 37.6 Å². The normalized spacial score (nSPS) is 53.5. The van der Waals surface area contributed by atoms with Crippen molar-refractivity contribution < 1.29 is 67.0 Å². The molecule has 3 aliphatic heterocycles. The van der Waals surface area contributed by atoms with Crippen molar-refractivity contribution in [3.8, 4) is 0 Å². The zero-order valence-corrected chi connectivity index (χ0v) is 27.3. The predicted molar refractivity (Wildman–Crippen MR) is 151 cm³/mol. The van der Waals surface area contributed by atoms with Crippen LogP contribution in [0.15, 0.2) is 23.0 Å². The van der Waals surface area contributed by atoms with Gasteiger partial charge in [0.2, 0.25) is 6.10 Å². The lowest BCUT2D eigenvalue weighted by molar-refractivity contribution is -0.439. The Morgan fingerprint density at radius 1 is 1.04 bits per heavy atom. The van der Waals surface area contributed by atoms with Crippen LogP contribution in [0.25, 0.3) is 0 Å². The van der Waals surface area contributed by atoms with Gasteiger partial charge in [-0.25, -0.2) is 4.79 Å². The number of hydrogen-bond acceptors (Lipinski definition) is 14. The highest BCUT2D eigenvalue weighted by Gasteiger charge is 3.01. The van der Waals surface area contributed by atoms with Crippen LogP contribution in [0.3, 0.4) is 0 Å². The maximum absolute atomic E-state index is 13.6. The molecule has 1 aromatic heterocycles. The monoisotopic (exact) mass is 660 g/mol. The van der Waals surface area contributed by atoms with Crippen LogP contribution in [0, 0.1) is 28.1 Å². The fourth-order valence-corrected chi connectivity index (χ4v) is 12.3. The Labute approximate surface area is 270 Å². The Bertz CT molecular complexity index is 1610. The minimum atomic E-state index is -2.07. The van der Waals surface area contributed by atoms with Gasteiger partial charge in [0, 0.05) is 48.5 Å². The zero-order valence-electron chi connectivity index (χ0n) is 27.3. The van der Waals surface area contributed by atoms with Crippen LogP contribution in [0.5, 0.6) is 0 Å². The highest BCUT2D eigenvalue weighted by atomic mass is 16.9. The van der Waals surface area contributed by atoms with E-state index in [-0.39, 0.29) is 19.3 Å². The largest absolute Gasteiger partial charge is 0.472 e. The topological polar surface area (TPSA) is 186 Å². The van der Waals surface area contributed by atoms with Gasteiger partial charge in [-0.3, -0.25) is 14.4 Å². The Morgan fingerprint density at radius 3 is 2.38 bits per heavy atom. The molecule has 0 radical (unpaired) electrons. The minimum absolute atomic E-state index is 0.00564. The second kappa shape index (κ2) is 8.75. The highest BCUT2D eigenvalue weighted by Crippen LogP contribution is 2.88. The SMILES string of the molecule is COC(=O)[C@H](OC(C)=O)[C@H]1[C@]2(C)C[C@]3(O)C([C@H]2OC(C)=O)[C@@H]2O[C@@]4(C)O[C@@]5(CC[C@@]6(C)[C@H](c7ccoc7)OC(=O)C[C@@]6(O)[C@@]25O4)[C@]13C. The number of fused-ring (bicyclic) bond motifs is 4. The van der Waals surface area contributed by atoms with Gasteiger partial charge in [0.25, 0.3) is 5.97 Å². The third kappa shape index (κ3) is 3.04. The summed E-state index contributed by atoms with van der Waals surface area (Å²) >= 11 is 0. The molecule has 4 heterocycles. The first-order valence-corrected chi connectivity index (χ1v) is 16.0. The first-order chi connectivity index (χ1) is 21.8. The Hall–Kier alpha value is -3.04. The summed E-state index contributed by atoms with van der Waals surface area (Å²) in [6.45, 7) is 9.32. The van der Waals surface area contributed by atoms with E-state index >= 15 is 0 Å². The van der Waals surface area contributed by atoms with Gasteiger partial charge in [-0.2, -0.15) is 0 Å². The van der Waals surface area contributed by atoms with Crippen LogP contribution in [0.2, 0.25) is 0 Å². The molecule has 2 N–H and O–H groups in total. The molecular formula is C33H40O14. The Balaban J connectivity index is 1.43. The highest BCUT2D eigenvalue weighted by molar-refractivity contribution is 5.80. The molecule has 1 spiro atoms. The number of ether oxygens (including phenoxy) is 7. The summed E-state index contributed by atoms with van der Waals surface area (Å²) in [7, 11) is 1.17. The summed E-state index contributed by atoms with van der Waals surface area (Å²) in [5.74, 6) is -6.87. The number of carbonyl (C=O) groups excluding carboxylic acids is 4. The van der Waals surface area contributed by atoms with Crippen molar-refractivity contribution in [2.24, 2.45) is 28.1 Å². The van der Waals surface area contributed by atoms with Crippen molar-refractivity contribution >= 4 is 23.9 Å². The van der Waals surface area contributed by atoms with Gasteiger partial charge >= 0.3 is 23.9 Å². The predicted octanol–water partition coefficient (Wildman–Crippen LogP) is 1.84. The lowest BCUT2D eigenvalue weighted by Crippen LogP contribution is -2.92. The second-order valence-corrected chi connectivity index (χ2v) is 15.4. The fourth-order valence-electron chi connectivity index (χ4n) is 12.3. The number of aliphatic hydroxyl groups is 2. The number of rotatable bonds is 5. The van der Waals surface area contributed by atoms with Crippen molar-refractivity contribution in [2.75, 3.05) is 7.11 Å². The smallest absolute Gasteiger partial charge is 0.347 e. The van der Waals surface area contributed by atoms with Gasteiger partial charge < -0.3 is 47.8 Å². The molecule has 4 aliphatic carbocycles. The van der Waals surface area contributed by atoms with Crippen molar-refractivity contribution in [1.29, 1.82) is 0 Å². The van der Waals surface area contributed by atoms with Crippen molar-refractivity contribution in [1.82, 2.24) is 0 Å². The van der Waals surface area contributed by atoms with Gasteiger partial charge in [-0.1, -0.05) is 20.8 Å². The molecule has 4 bridgehead atoms. The number of esters is 4. The summed E-state index contributed by atoms with van der Waals surface area (Å²) in [5, 5.41) is 26.7. The van der Waals surface area contributed by atoms with Crippen LogP contribution < -0.4 is 0 Å². The van der Waals surface area contributed by atoms with Gasteiger partial charge in [0.15, 0.2) is 5.60 Å². The van der Waals surface area contributed by atoms with E-state index in [1.165, 1.54) is 26.6 Å². The third-order valence-corrected chi connectivity index (χ3v) is 13.6. The summed E-state index contributed by atoms with van der Waals surface area (Å²) in [6.07, 6.45) is -2.02. The number of furan rings is 1. The second-order valence-electron chi connectivity index (χ2n) is 15.4. The summed E-state index contributed by atoms with van der Waals surface area (Å²) in [6, 6.07) is 1.67. The molecular weight excluding hydrogens is 620 g/mol. The van der Waals surface area contributed by atoms with Crippen molar-refractivity contribution in [3.05, 3.63) is 24.2 Å². The minimum Gasteiger partial charge on any atom is -0.472 e. The van der Waals surface area contributed by atoms with E-state index in [0.717, 1.165) is 6.92 Å². The molecule has 14 heteroatoms. The molecule has 7 fully saturated rings. The first-order valence-electron chi connectivity index (χ1n) is 16.0. The average Bonchev–Trinajstić information content (AvgIpc) is 3.74. The number of hydrogen-bond donors (Lipinski definition) is 2. The van der Waals surface area contributed by atoms with Gasteiger partial charge in [-0.15, -0.1) is 0 Å². The maximum Gasteiger partial charge on any atom is 0.347 e. The van der Waals surface area contributed by atoms with E-state index in [4.69, 9.17) is 37.6 Å². The van der Waals surface area contributed by atoms with E-state index in [1.54, 1.807) is 26.8 Å². The molecule has 1 unspecified atom stereocenters. The number of cyclic esters (lactones) is 1. The Kier molecular flexibility index (Phi) is 5.82. The van der Waals surface area contributed by atoms with E-state index in [9.17, 15) is 29.4 Å².